The molecule has 0 unspecified atom stereocenters. The average Bonchev–Trinajstić information content (AvgIpc) is 3.59. The topological polar surface area (TPSA) is 25.8 Å². The highest BCUT2D eigenvalue weighted by Gasteiger charge is 2.49. The number of hydrogen-bond donors (Lipinski definition) is 0. The number of nitrogens with zero attached hydrogens (tertiary/aromatic N) is 2. The van der Waals surface area contributed by atoms with Crippen LogP contribution >= 0.6 is 0 Å². The second-order valence-electron chi connectivity index (χ2n) is 14.1. The van der Waals surface area contributed by atoms with Gasteiger partial charge in [0.15, 0.2) is 13.9 Å². The van der Waals surface area contributed by atoms with Crippen LogP contribution in [0.1, 0.15) is 0 Å². The molecule has 0 bridgehead atoms. The van der Waals surface area contributed by atoms with Crippen molar-refractivity contribution < 1.29 is 0 Å². The van der Waals surface area contributed by atoms with Crippen LogP contribution in [0.15, 0.2) is 218 Å². The maximum Gasteiger partial charge on any atom is 0.181 e. The third-order valence-corrected chi connectivity index (χ3v) is 15.9. The molecule has 1 aliphatic rings. The molecular formula is C52H36N2Si. The number of rotatable bonds is 7. The van der Waals surface area contributed by atoms with Crippen molar-refractivity contribution in [2.24, 2.45) is 0 Å². The van der Waals surface area contributed by atoms with Crippen molar-refractivity contribution in [1.29, 1.82) is 0 Å². The number of aromatic nitrogens is 2. The van der Waals surface area contributed by atoms with Gasteiger partial charge in [-0.1, -0.05) is 212 Å². The lowest BCUT2D eigenvalue weighted by atomic mass is 9.96. The predicted molar refractivity (Wildman–Crippen MR) is 232 cm³/mol. The minimum atomic E-state index is -2.63. The van der Waals surface area contributed by atoms with Gasteiger partial charge >= 0.3 is 0 Å². The van der Waals surface area contributed by atoms with Crippen molar-refractivity contribution in [3.05, 3.63) is 218 Å². The Bertz CT molecular complexity index is 2670. The summed E-state index contributed by atoms with van der Waals surface area (Å²) in [7, 11) is -2.63. The van der Waals surface area contributed by atoms with E-state index in [-0.39, 0.29) is 0 Å². The highest BCUT2D eigenvalue weighted by Crippen LogP contribution is 2.35. The smallest absolute Gasteiger partial charge is 0.181 e. The molecule has 0 amide bonds. The van der Waals surface area contributed by atoms with Crippen LogP contribution in [0, 0.1) is 0 Å². The van der Waals surface area contributed by atoms with E-state index in [1.165, 1.54) is 54.1 Å². The van der Waals surface area contributed by atoms with E-state index in [0.29, 0.717) is 0 Å². The van der Waals surface area contributed by atoms with Crippen LogP contribution in [-0.4, -0.2) is 18.0 Å². The zero-order valence-corrected chi connectivity index (χ0v) is 31.2. The molecule has 3 heteroatoms. The van der Waals surface area contributed by atoms with Gasteiger partial charge in [0.2, 0.25) is 0 Å². The third-order valence-electron chi connectivity index (χ3n) is 11.0. The first-order valence-electron chi connectivity index (χ1n) is 18.8. The second kappa shape index (κ2) is 13.8. The molecule has 1 aliphatic heterocycles. The van der Waals surface area contributed by atoms with Crippen molar-refractivity contribution in [3.63, 3.8) is 0 Å². The fraction of sp³-hybridized carbons (Fsp3) is 0. The molecule has 10 rings (SSSR count). The van der Waals surface area contributed by atoms with Gasteiger partial charge in [-0.05, 0) is 60.2 Å². The molecule has 0 radical (unpaired) electrons. The van der Waals surface area contributed by atoms with Crippen LogP contribution in [0.3, 0.4) is 0 Å². The molecule has 0 saturated heterocycles. The van der Waals surface area contributed by atoms with Gasteiger partial charge in [-0.15, -0.1) is 0 Å². The highest BCUT2D eigenvalue weighted by molar-refractivity contribution is 7.22. The molecule has 0 fully saturated rings. The molecule has 2 heterocycles. The number of hydrogen-bond acceptors (Lipinski definition) is 2. The SMILES string of the molecule is c1ccc(-c2cc(-c3ccc(-c4ccc(-c5cccc6c5[Si](c5ccccc5)(c5ccccc5)c5ccccc5-6)cc4)cc3)nc(-c3ccccc3)n2)cc1. The summed E-state index contributed by atoms with van der Waals surface area (Å²) in [5.41, 5.74) is 12.5. The summed E-state index contributed by atoms with van der Waals surface area (Å²) in [5.74, 6) is 0.721. The molecule has 0 atom stereocenters. The minimum absolute atomic E-state index is 0.721. The Morgan fingerprint density at radius 2 is 0.709 bits per heavy atom. The molecule has 0 aliphatic carbocycles. The van der Waals surface area contributed by atoms with Crippen molar-refractivity contribution in [1.82, 2.24) is 9.97 Å². The lowest BCUT2D eigenvalue weighted by Crippen LogP contribution is -2.73. The first-order valence-corrected chi connectivity index (χ1v) is 20.8. The Hall–Kier alpha value is -6.94. The number of fused-ring (bicyclic) bond motifs is 3. The monoisotopic (exact) mass is 716 g/mol. The molecule has 0 N–H and O–H groups in total. The molecule has 258 valence electrons. The van der Waals surface area contributed by atoms with E-state index in [9.17, 15) is 0 Å². The Kier molecular flexibility index (Phi) is 8.20. The van der Waals surface area contributed by atoms with Crippen LogP contribution in [0.5, 0.6) is 0 Å². The highest BCUT2D eigenvalue weighted by atomic mass is 28.3. The van der Waals surface area contributed by atoms with Gasteiger partial charge in [0.05, 0.1) is 11.4 Å². The normalized spacial score (nSPS) is 12.5. The summed E-state index contributed by atoms with van der Waals surface area (Å²) in [5, 5.41) is 5.75. The summed E-state index contributed by atoms with van der Waals surface area (Å²) in [4.78, 5) is 10.0. The van der Waals surface area contributed by atoms with Crippen LogP contribution in [0.4, 0.5) is 0 Å². The molecule has 2 nitrogen and oxygen atoms in total. The zero-order valence-electron chi connectivity index (χ0n) is 30.2. The van der Waals surface area contributed by atoms with Gasteiger partial charge in [0.1, 0.15) is 0 Å². The first-order chi connectivity index (χ1) is 27.3. The van der Waals surface area contributed by atoms with Crippen molar-refractivity contribution >= 4 is 28.8 Å². The summed E-state index contributed by atoms with van der Waals surface area (Å²) in [6.07, 6.45) is 0. The van der Waals surface area contributed by atoms with Crippen LogP contribution in [0.2, 0.25) is 0 Å². The second-order valence-corrected chi connectivity index (χ2v) is 17.8. The summed E-state index contributed by atoms with van der Waals surface area (Å²) < 4.78 is 0. The standard InChI is InChI=1S/C52H36N2Si/c1-5-16-40(17-6-1)48-36-49(54-52(53-48)42-18-7-2-8-19-42)41-34-30-38(31-35-41)37-28-32-39(33-29-37)45-25-15-26-47-46-24-13-14-27-50(46)55(51(45)47,43-20-9-3-10-21-43)44-22-11-4-12-23-44/h1-36H. The van der Waals surface area contributed by atoms with Crippen molar-refractivity contribution in [3.8, 4) is 67.3 Å². The molecule has 0 saturated carbocycles. The average molecular weight is 717 g/mol. The summed E-state index contributed by atoms with van der Waals surface area (Å²) >= 11 is 0. The van der Waals surface area contributed by atoms with Crippen molar-refractivity contribution in [2.45, 2.75) is 0 Å². The summed E-state index contributed by atoms with van der Waals surface area (Å²) in [6.45, 7) is 0. The lowest BCUT2D eigenvalue weighted by molar-refractivity contribution is 1.18. The maximum absolute atomic E-state index is 5.04. The molecular weight excluding hydrogens is 681 g/mol. The van der Waals surface area contributed by atoms with Crippen LogP contribution in [-0.2, 0) is 0 Å². The third kappa shape index (κ3) is 5.65. The lowest BCUT2D eigenvalue weighted by Gasteiger charge is -2.33. The Labute approximate surface area is 323 Å². The Balaban J connectivity index is 1.04. The van der Waals surface area contributed by atoms with E-state index in [2.05, 4.69) is 182 Å². The van der Waals surface area contributed by atoms with E-state index in [0.717, 1.165) is 33.9 Å². The summed E-state index contributed by atoms with van der Waals surface area (Å²) in [6, 6.07) is 79.0. The van der Waals surface area contributed by atoms with Gasteiger partial charge in [-0.25, -0.2) is 9.97 Å². The quantitative estimate of drug-likeness (QED) is 0.154. The van der Waals surface area contributed by atoms with Gasteiger partial charge in [-0.2, -0.15) is 0 Å². The van der Waals surface area contributed by atoms with Crippen LogP contribution < -0.4 is 20.7 Å². The van der Waals surface area contributed by atoms with Crippen LogP contribution in [0.25, 0.3) is 67.3 Å². The first kappa shape index (κ1) is 32.7. The Morgan fingerprint density at radius 3 is 1.29 bits per heavy atom. The van der Waals surface area contributed by atoms with Gasteiger partial charge < -0.3 is 0 Å². The minimum Gasteiger partial charge on any atom is -0.228 e. The predicted octanol–water partition coefficient (Wildman–Crippen LogP) is 10.2. The van der Waals surface area contributed by atoms with E-state index >= 15 is 0 Å². The number of benzene rings is 8. The molecule has 8 aromatic carbocycles. The molecule has 9 aromatic rings. The van der Waals surface area contributed by atoms with E-state index in [1.54, 1.807) is 0 Å². The zero-order chi connectivity index (χ0) is 36.6. The fourth-order valence-corrected chi connectivity index (χ4v) is 13.9. The van der Waals surface area contributed by atoms with E-state index in [1.807, 2.05) is 36.4 Å². The largest absolute Gasteiger partial charge is 0.228 e. The molecule has 0 spiro atoms. The van der Waals surface area contributed by atoms with Gasteiger partial charge in [0, 0.05) is 16.7 Å². The van der Waals surface area contributed by atoms with Crippen molar-refractivity contribution in [2.75, 3.05) is 0 Å². The van der Waals surface area contributed by atoms with Gasteiger partial charge in [0.25, 0.3) is 0 Å². The van der Waals surface area contributed by atoms with E-state index in [4.69, 9.17) is 9.97 Å². The maximum atomic E-state index is 5.04. The molecule has 55 heavy (non-hydrogen) atoms. The van der Waals surface area contributed by atoms with E-state index < -0.39 is 8.07 Å². The fourth-order valence-electron chi connectivity index (χ4n) is 8.49. The van der Waals surface area contributed by atoms with Gasteiger partial charge in [-0.3, -0.25) is 0 Å². The molecule has 1 aromatic heterocycles. The Morgan fingerprint density at radius 1 is 0.291 bits per heavy atom.